The van der Waals surface area contributed by atoms with Crippen molar-refractivity contribution in [1.29, 1.82) is 0 Å². The lowest BCUT2D eigenvalue weighted by atomic mass is 10.1. The fraction of sp³-hybridized carbons (Fsp3) is 0.348. The summed E-state index contributed by atoms with van der Waals surface area (Å²) in [6.07, 6.45) is 2.64. The van der Waals surface area contributed by atoms with E-state index < -0.39 is 0 Å². The van der Waals surface area contributed by atoms with Crippen molar-refractivity contribution in [3.8, 4) is 11.5 Å². The molecule has 0 radical (unpaired) electrons. The smallest absolute Gasteiger partial charge is 0.262 e. The van der Waals surface area contributed by atoms with Crippen LogP contribution in [0.5, 0.6) is 11.5 Å². The molecule has 1 unspecified atom stereocenters. The van der Waals surface area contributed by atoms with Crippen LogP contribution in [0.4, 0.5) is 0 Å². The highest BCUT2D eigenvalue weighted by molar-refractivity contribution is 7.71. The number of rotatable bonds is 8. The van der Waals surface area contributed by atoms with E-state index in [1.165, 1.54) is 10.1 Å². The Morgan fingerprint density at radius 2 is 1.97 bits per heavy atom. The predicted octanol–water partition coefficient (Wildman–Crippen LogP) is 3.71. The number of hydrogen-bond acceptors (Lipinski definition) is 5. The van der Waals surface area contributed by atoms with Crippen molar-refractivity contribution in [2.24, 2.45) is 0 Å². The van der Waals surface area contributed by atoms with Crippen LogP contribution in [0.3, 0.4) is 0 Å². The van der Waals surface area contributed by atoms with Gasteiger partial charge in [-0.15, -0.1) is 0 Å². The number of carbonyl (C=O) groups is 1. The number of nitrogens with one attached hydrogen (secondary N) is 2. The number of nitrogens with zero attached hydrogens (tertiary/aromatic N) is 1. The third-order valence-corrected chi connectivity index (χ3v) is 5.70. The topological polar surface area (TPSA) is 85.4 Å². The van der Waals surface area contributed by atoms with Gasteiger partial charge in [0.25, 0.3) is 5.56 Å². The van der Waals surface area contributed by atoms with E-state index in [1.54, 1.807) is 12.1 Å². The van der Waals surface area contributed by atoms with Crippen LogP contribution in [-0.4, -0.2) is 28.3 Å². The highest BCUT2D eigenvalue weighted by Gasteiger charge is 2.17. The number of aryl methyl sites for hydroxylation is 1. The summed E-state index contributed by atoms with van der Waals surface area (Å²) < 4.78 is 12.5. The lowest BCUT2D eigenvalue weighted by Crippen LogP contribution is -2.33. The van der Waals surface area contributed by atoms with Crippen molar-refractivity contribution in [3.63, 3.8) is 0 Å². The summed E-state index contributed by atoms with van der Waals surface area (Å²) >= 11 is 5.36. The van der Waals surface area contributed by atoms with Gasteiger partial charge >= 0.3 is 0 Å². The van der Waals surface area contributed by atoms with Gasteiger partial charge in [-0.2, -0.15) is 0 Å². The van der Waals surface area contributed by atoms with Crippen LogP contribution in [0.15, 0.2) is 47.3 Å². The third-order valence-electron chi connectivity index (χ3n) is 5.38. The van der Waals surface area contributed by atoms with E-state index in [0.717, 1.165) is 12.8 Å². The molecule has 3 aromatic rings. The molecule has 0 saturated carbocycles. The fourth-order valence-corrected chi connectivity index (χ4v) is 3.97. The number of benzene rings is 2. The average Bonchev–Trinajstić information content (AvgIpc) is 3.21. The summed E-state index contributed by atoms with van der Waals surface area (Å²) in [5.74, 6) is 1.12. The predicted molar refractivity (Wildman–Crippen MR) is 121 cm³/mol. The average molecular weight is 440 g/mol. The Kier molecular flexibility index (Phi) is 6.36. The molecule has 162 valence electrons. The van der Waals surface area contributed by atoms with Gasteiger partial charge < -0.3 is 19.8 Å². The van der Waals surface area contributed by atoms with Crippen LogP contribution < -0.4 is 20.3 Å². The quantitative estimate of drug-likeness (QED) is 0.523. The molecule has 2 heterocycles. The normalized spacial score (nSPS) is 13.3. The largest absolute Gasteiger partial charge is 0.454 e. The molecule has 1 aromatic heterocycles. The van der Waals surface area contributed by atoms with Gasteiger partial charge in [0.15, 0.2) is 16.3 Å². The number of aromatic amines is 1. The molecular weight excluding hydrogens is 414 g/mol. The number of amides is 1. The number of H-pyrrole nitrogens is 1. The maximum Gasteiger partial charge on any atom is 0.262 e. The minimum absolute atomic E-state index is 0.0207. The monoisotopic (exact) mass is 439 g/mol. The molecule has 0 bridgehead atoms. The molecule has 2 aromatic carbocycles. The standard InChI is InChI=1S/C23H25N3O4S/c1-15(9-10-16-6-3-2-4-7-16)24-21(27)8-5-11-26-22(28)17-12-19-20(30-14-29-19)13-18(17)25-23(26)31/h2-4,6-7,12-13,15H,5,8-11,14H2,1H3,(H,24,27)(H,25,31). The first kappa shape index (κ1) is 21.1. The van der Waals surface area contributed by atoms with E-state index in [0.29, 0.717) is 46.6 Å². The molecule has 1 aliphatic heterocycles. The molecule has 0 fully saturated rings. The second kappa shape index (κ2) is 9.34. The van der Waals surface area contributed by atoms with Crippen LogP contribution in [0, 0.1) is 4.77 Å². The van der Waals surface area contributed by atoms with Gasteiger partial charge in [0.2, 0.25) is 12.7 Å². The highest BCUT2D eigenvalue weighted by atomic mass is 32.1. The highest BCUT2D eigenvalue weighted by Crippen LogP contribution is 2.34. The van der Waals surface area contributed by atoms with Crippen LogP contribution in [0.1, 0.15) is 31.7 Å². The Balaban J connectivity index is 1.33. The molecule has 2 N–H and O–H groups in total. The van der Waals surface area contributed by atoms with Gasteiger partial charge in [-0.25, -0.2) is 0 Å². The molecule has 8 heteroatoms. The number of fused-ring (bicyclic) bond motifs is 2. The van der Waals surface area contributed by atoms with Gasteiger partial charge in [-0.3, -0.25) is 14.2 Å². The molecule has 0 spiro atoms. The Bertz CT molecular complexity index is 1200. The number of hydrogen-bond donors (Lipinski definition) is 2. The summed E-state index contributed by atoms with van der Waals surface area (Å²) in [7, 11) is 0. The van der Waals surface area contributed by atoms with Gasteiger partial charge in [0.05, 0.1) is 10.9 Å². The second-order valence-electron chi connectivity index (χ2n) is 7.73. The summed E-state index contributed by atoms with van der Waals surface area (Å²) in [6.45, 7) is 2.51. The molecule has 0 aliphatic carbocycles. The first-order chi connectivity index (χ1) is 15.0. The first-order valence-electron chi connectivity index (χ1n) is 10.4. The Morgan fingerprint density at radius 1 is 1.23 bits per heavy atom. The maximum absolute atomic E-state index is 12.9. The van der Waals surface area contributed by atoms with Crippen LogP contribution in [0.25, 0.3) is 10.9 Å². The van der Waals surface area contributed by atoms with Crippen molar-refractivity contribution in [3.05, 3.63) is 63.2 Å². The van der Waals surface area contributed by atoms with Crippen molar-refractivity contribution >= 4 is 29.0 Å². The van der Waals surface area contributed by atoms with Gasteiger partial charge in [-0.1, -0.05) is 30.3 Å². The Hall–Kier alpha value is -3.13. The van der Waals surface area contributed by atoms with E-state index >= 15 is 0 Å². The molecule has 31 heavy (non-hydrogen) atoms. The van der Waals surface area contributed by atoms with E-state index in [9.17, 15) is 9.59 Å². The zero-order chi connectivity index (χ0) is 21.8. The van der Waals surface area contributed by atoms with E-state index in [1.807, 2.05) is 25.1 Å². The minimum atomic E-state index is -0.200. The van der Waals surface area contributed by atoms with Crippen LogP contribution in [0.2, 0.25) is 0 Å². The summed E-state index contributed by atoms with van der Waals surface area (Å²) in [5, 5.41) is 3.52. The summed E-state index contributed by atoms with van der Waals surface area (Å²) in [5.41, 5.74) is 1.67. The van der Waals surface area contributed by atoms with Gasteiger partial charge in [0.1, 0.15) is 0 Å². The second-order valence-corrected chi connectivity index (χ2v) is 8.12. The van der Waals surface area contributed by atoms with Crippen LogP contribution >= 0.6 is 12.2 Å². The van der Waals surface area contributed by atoms with Crippen LogP contribution in [-0.2, 0) is 17.8 Å². The fourth-order valence-electron chi connectivity index (χ4n) is 3.69. The third kappa shape index (κ3) is 4.96. The Labute approximate surface area is 185 Å². The van der Waals surface area contributed by atoms with Crippen molar-refractivity contribution in [1.82, 2.24) is 14.9 Å². The van der Waals surface area contributed by atoms with Crippen molar-refractivity contribution < 1.29 is 14.3 Å². The lowest BCUT2D eigenvalue weighted by Gasteiger charge is -2.14. The lowest BCUT2D eigenvalue weighted by molar-refractivity contribution is -0.121. The van der Waals surface area contributed by atoms with Crippen molar-refractivity contribution in [2.45, 2.75) is 45.2 Å². The number of ether oxygens (including phenoxy) is 2. The Morgan fingerprint density at radius 3 is 2.74 bits per heavy atom. The minimum Gasteiger partial charge on any atom is -0.454 e. The van der Waals surface area contributed by atoms with E-state index in [2.05, 4.69) is 22.4 Å². The molecule has 1 amide bonds. The molecule has 1 atom stereocenters. The summed E-state index contributed by atoms with van der Waals surface area (Å²) in [6, 6.07) is 13.7. The number of aromatic nitrogens is 2. The summed E-state index contributed by atoms with van der Waals surface area (Å²) in [4.78, 5) is 28.3. The van der Waals surface area contributed by atoms with E-state index in [-0.39, 0.29) is 24.3 Å². The molecule has 7 nitrogen and oxygen atoms in total. The van der Waals surface area contributed by atoms with Gasteiger partial charge in [-0.05, 0) is 50.0 Å². The SMILES string of the molecule is CC(CCc1ccccc1)NC(=O)CCCn1c(=S)[nH]c2cc3c(cc2c1=O)OCO3. The molecule has 0 saturated heterocycles. The van der Waals surface area contributed by atoms with Crippen molar-refractivity contribution in [2.75, 3.05) is 6.79 Å². The van der Waals surface area contributed by atoms with E-state index in [4.69, 9.17) is 21.7 Å². The molecular formula is C23H25N3O4S. The zero-order valence-electron chi connectivity index (χ0n) is 17.3. The zero-order valence-corrected chi connectivity index (χ0v) is 18.2. The molecule has 4 rings (SSSR count). The molecule has 1 aliphatic rings. The maximum atomic E-state index is 12.9. The first-order valence-corrected chi connectivity index (χ1v) is 10.8. The number of carbonyl (C=O) groups excluding carboxylic acids is 1. The van der Waals surface area contributed by atoms with Gasteiger partial charge in [0, 0.05) is 25.1 Å².